The summed E-state index contributed by atoms with van der Waals surface area (Å²) in [6.07, 6.45) is 7.11. The maximum Gasteiger partial charge on any atom is 0.255 e. The molecule has 4 rings (SSSR count). The van der Waals surface area contributed by atoms with Crippen LogP contribution < -0.4 is 4.43 Å². The fourth-order valence-corrected chi connectivity index (χ4v) is 4.88. The van der Waals surface area contributed by atoms with Gasteiger partial charge in [0.05, 0.1) is 18.9 Å². The summed E-state index contributed by atoms with van der Waals surface area (Å²) in [6, 6.07) is 4.27. The van der Waals surface area contributed by atoms with Crippen LogP contribution in [0.4, 0.5) is 0 Å². The molecule has 1 aliphatic rings. The lowest BCUT2D eigenvalue weighted by Gasteiger charge is -2.24. The SMILES string of the molecule is CC(C)c1c(I)c2cc3c[nH]n(C4CCCCO4)c3cc2c[n+]1=O. The van der Waals surface area contributed by atoms with Crippen molar-refractivity contribution in [2.24, 2.45) is 0 Å². The first kappa shape index (κ1) is 16.1. The van der Waals surface area contributed by atoms with E-state index in [1.807, 2.05) is 6.20 Å². The monoisotopic (exact) mass is 438 g/mol. The second kappa shape index (κ2) is 6.15. The second-order valence-electron chi connectivity index (χ2n) is 6.77. The molecule has 1 unspecified atom stereocenters. The summed E-state index contributed by atoms with van der Waals surface area (Å²) in [5, 5.41) is 6.58. The molecule has 0 aliphatic carbocycles. The number of benzene rings is 1. The summed E-state index contributed by atoms with van der Waals surface area (Å²) < 4.78 is 10.1. The van der Waals surface area contributed by atoms with Crippen LogP contribution in [-0.2, 0) is 4.74 Å². The van der Waals surface area contributed by atoms with Crippen molar-refractivity contribution in [2.75, 3.05) is 6.61 Å². The molecule has 126 valence electrons. The van der Waals surface area contributed by atoms with Crippen LogP contribution in [0.3, 0.4) is 0 Å². The number of rotatable bonds is 2. The zero-order valence-corrected chi connectivity index (χ0v) is 16.0. The molecule has 6 heteroatoms. The van der Waals surface area contributed by atoms with Crippen molar-refractivity contribution in [3.8, 4) is 0 Å². The zero-order valence-electron chi connectivity index (χ0n) is 13.9. The van der Waals surface area contributed by atoms with Gasteiger partial charge in [-0.05, 0) is 54.0 Å². The van der Waals surface area contributed by atoms with E-state index in [2.05, 4.69) is 58.4 Å². The number of fused-ring (bicyclic) bond motifs is 2. The minimum absolute atomic E-state index is 0.0575. The van der Waals surface area contributed by atoms with E-state index < -0.39 is 0 Å². The summed E-state index contributed by atoms with van der Waals surface area (Å²) in [5.74, 6) is 0.196. The molecule has 1 aromatic carbocycles. The van der Waals surface area contributed by atoms with Gasteiger partial charge in [0.25, 0.3) is 5.69 Å². The predicted molar refractivity (Wildman–Crippen MR) is 103 cm³/mol. The van der Waals surface area contributed by atoms with E-state index in [-0.39, 0.29) is 12.1 Å². The van der Waals surface area contributed by atoms with Crippen molar-refractivity contribution in [3.63, 3.8) is 0 Å². The fourth-order valence-electron chi connectivity index (χ4n) is 3.56. The van der Waals surface area contributed by atoms with Gasteiger partial charge in [0.2, 0.25) is 6.20 Å². The fraction of sp³-hybridized carbons (Fsp3) is 0.444. The highest BCUT2D eigenvalue weighted by Crippen LogP contribution is 2.31. The van der Waals surface area contributed by atoms with Gasteiger partial charge in [-0.15, -0.1) is 0 Å². The number of halogens is 1. The van der Waals surface area contributed by atoms with Crippen LogP contribution >= 0.6 is 22.6 Å². The van der Waals surface area contributed by atoms with Gasteiger partial charge in [-0.1, -0.05) is 13.8 Å². The Balaban J connectivity index is 1.94. The Morgan fingerprint density at radius 3 is 2.88 bits per heavy atom. The van der Waals surface area contributed by atoms with Crippen molar-refractivity contribution in [1.82, 2.24) is 9.78 Å². The molecular weight excluding hydrogens is 417 g/mol. The summed E-state index contributed by atoms with van der Waals surface area (Å²) in [5.41, 5.74) is 1.92. The Bertz CT molecular complexity index is 968. The van der Waals surface area contributed by atoms with Gasteiger partial charge >= 0.3 is 0 Å². The van der Waals surface area contributed by atoms with E-state index in [0.29, 0.717) is 0 Å². The molecule has 0 bridgehead atoms. The molecule has 1 N–H and O–H groups in total. The molecule has 0 radical (unpaired) electrons. The van der Waals surface area contributed by atoms with Crippen LogP contribution in [-0.4, -0.2) is 16.4 Å². The number of hydrogen-bond donors (Lipinski definition) is 1. The van der Waals surface area contributed by atoms with Crippen molar-refractivity contribution >= 4 is 44.3 Å². The van der Waals surface area contributed by atoms with E-state index in [4.69, 9.17) is 4.74 Å². The van der Waals surface area contributed by atoms with E-state index in [1.165, 1.54) is 6.42 Å². The lowest BCUT2D eigenvalue weighted by Crippen LogP contribution is -2.23. The molecule has 1 aliphatic heterocycles. The largest absolute Gasteiger partial charge is 0.357 e. The van der Waals surface area contributed by atoms with Gasteiger partial charge in [-0.2, -0.15) is 0 Å². The van der Waals surface area contributed by atoms with E-state index in [9.17, 15) is 4.91 Å². The molecule has 0 saturated carbocycles. The van der Waals surface area contributed by atoms with Crippen molar-refractivity contribution in [1.29, 1.82) is 0 Å². The number of pyridine rings is 1. The van der Waals surface area contributed by atoms with Gasteiger partial charge < -0.3 is 9.84 Å². The van der Waals surface area contributed by atoms with Crippen LogP contribution in [0, 0.1) is 8.48 Å². The number of H-pyrrole nitrogens is 1. The second-order valence-corrected chi connectivity index (χ2v) is 7.85. The Kier molecular flexibility index (Phi) is 4.12. The minimum Gasteiger partial charge on any atom is -0.357 e. The van der Waals surface area contributed by atoms with E-state index in [1.54, 1.807) is 6.20 Å². The average molecular weight is 438 g/mol. The average Bonchev–Trinajstić information content (AvgIpc) is 2.96. The Morgan fingerprint density at radius 1 is 1.33 bits per heavy atom. The molecule has 1 fully saturated rings. The molecule has 0 spiro atoms. The first-order chi connectivity index (χ1) is 11.6. The number of nitrogens with zero attached hydrogens (tertiary/aromatic N) is 2. The number of aromatic amines is 1. The van der Waals surface area contributed by atoms with Crippen LogP contribution in [0.25, 0.3) is 21.7 Å². The Hall–Kier alpha value is -1.41. The molecule has 24 heavy (non-hydrogen) atoms. The summed E-state index contributed by atoms with van der Waals surface area (Å²) in [6.45, 7) is 4.92. The number of nitrogens with one attached hydrogen (secondary N) is 1. The van der Waals surface area contributed by atoms with Gasteiger partial charge in [0.1, 0.15) is 6.23 Å². The Morgan fingerprint density at radius 2 is 2.17 bits per heavy atom. The topological polar surface area (TPSA) is 52.9 Å². The normalized spacial score (nSPS) is 18.8. The van der Waals surface area contributed by atoms with Gasteiger partial charge in [-0.3, -0.25) is 4.68 Å². The summed E-state index contributed by atoms with van der Waals surface area (Å²) in [7, 11) is 0. The highest BCUT2D eigenvalue weighted by atomic mass is 127. The molecule has 2 aromatic heterocycles. The molecule has 0 amide bonds. The Labute approximate surface area is 153 Å². The van der Waals surface area contributed by atoms with Crippen LogP contribution in [0.5, 0.6) is 0 Å². The van der Waals surface area contributed by atoms with E-state index >= 15 is 0 Å². The van der Waals surface area contributed by atoms with Crippen LogP contribution in [0.2, 0.25) is 0 Å². The molecular formula is C18H21IN3O2+. The third-order valence-corrected chi connectivity index (χ3v) is 5.90. The number of hydrogen-bond acceptors (Lipinski definition) is 2. The highest BCUT2D eigenvalue weighted by molar-refractivity contribution is 14.1. The molecule has 1 saturated heterocycles. The van der Waals surface area contributed by atoms with Gasteiger partial charge in [-0.25, -0.2) is 0 Å². The standard InChI is InChI=1S/C18H21IN3O2/c1-11(2)18-17(19)14-7-12-9-20-22(16-5-3-4-6-24-16)15(12)8-13(14)10-21(18)23/h7-11,16,20H,3-6H2,1-2H3/q+1. The molecule has 3 aromatic rings. The quantitative estimate of drug-likeness (QED) is 0.475. The van der Waals surface area contributed by atoms with Gasteiger partial charge in [0.15, 0.2) is 0 Å². The molecule has 1 atom stereocenters. The number of aromatic nitrogens is 3. The van der Waals surface area contributed by atoms with E-state index in [0.717, 1.165) is 54.8 Å². The zero-order chi connectivity index (χ0) is 16.8. The predicted octanol–water partition coefficient (Wildman–Crippen LogP) is 4.46. The smallest absolute Gasteiger partial charge is 0.255 e. The minimum atomic E-state index is 0.0575. The van der Waals surface area contributed by atoms with Crippen molar-refractivity contribution < 1.29 is 9.16 Å². The summed E-state index contributed by atoms with van der Waals surface area (Å²) in [4.78, 5) is 12.4. The highest BCUT2D eigenvalue weighted by Gasteiger charge is 2.23. The third-order valence-electron chi connectivity index (χ3n) is 4.76. The van der Waals surface area contributed by atoms with Crippen molar-refractivity contribution in [2.45, 2.75) is 45.3 Å². The lowest BCUT2D eigenvalue weighted by molar-refractivity contribution is -0.505. The third kappa shape index (κ3) is 2.56. The lowest BCUT2D eigenvalue weighted by atomic mass is 10.0. The molecule has 5 nitrogen and oxygen atoms in total. The molecule has 3 heterocycles. The maximum absolute atomic E-state index is 12.4. The van der Waals surface area contributed by atoms with Crippen LogP contribution in [0.15, 0.2) is 24.5 Å². The van der Waals surface area contributed by atoms with Gasteiger partial charge in [0, 0.05) is 34.4 Å². The van der Waals surface area contributed by atoms with Crippen LogP contribution in [0.1, 0.15) is 50.9 Å². The first-order valence-electron chi connectivity index (χ1n) is 8.46. The first-order valence-corrected chi connectivity index (χ1v) is 9.53. The summed E-state index contributed by atoms with van der Waals surface area (Å²) >= 11 is 2.30. The number of ether oxygens (including phenoxy) is 1. The van der Waals surface area contributed by atoms with Crippen molar-refractivity contribution in [3.05, 3.63) is 38.7 Å². The maximum atomic E-state index is 12.4.